The maximum Gasteiger partial charge on any atom is 0.139 e. The molecule has 0 N–H and O–H groups in total. The minimum Gasteiger partial charge on any atom is -0.299 e. The first-order chi connectivity index (χ1) is 4.45. The molecule has 0 heterocycles. The summed E-state index contributed by atoms with van der Waals surface area (Å²) in [4.78, 5) is 11.0. The van der Waals surface area contributed by atoms with Gasteiger partial charge in [0.2, 0.25) is 0 Å². The third-order valence-electron chi connectivity index (χ3n) is 2.32. The lowest BCUT2D eigenvalue weighted by Crippen LogP contribution is -2.22. The number of carbonyl (C=O) groups is 1. The van der Waals surface area contributed by atoms with E-state index >= 15 is 0 Å². The van der Waals surface area contributed by atoms with Crippen LogP contribution in [0.25, 0.3) is 0 Å². The smallest absolute Gasteiger partial charge is 0.139 e. The van der Waals surface area contributed by atoms with E-state index in [1.807, 2.05) is 0 Å². The lowest BCUT2D eigenvalue weighted by atomic mass is 9.89. The van der Waals surface area contributed by atoms with Crippen LogP contribution in [0.5, 0.6) is 0 Å². The lowest BCUT2D eigenvalue weighted by molar-refractivity contribution is -0.120. The first-order valence-electron chi connectivity index (χ1n) is 3.62. The van der Waals surface area contributed by atoms with E-state index in [2.05, 4.69) is 0 Å². The van der Waals surface area contributed by atoms with Crippen molar-refractivity contribution < 1.29 is 9.18 Å². The van der Waals surface area contributed by atoms with Crippen molar-refractivity contribution in [2.75, 3.05) is 0 Å². The molecule has 0 saturated heterocycles. The van der Waals surface area contributed by atoms with Crippen molar-refractivity contribution in [2.45, 2.75) is 33.4 Å². The zero-order valence-electron chi connectivity index (χ0n) is 6.65. The minimum absolute atomic E-state index is 0.0671. The van der Waals surface area contributed by atoms with Crippen molar-refractivity contribution in [3.63, 3.8) is 0 Å². The van der Waals surface area contributed by atoms with E-state index in [1.54, 1.807) is 20.8 Å². The van der Waals surface area contributed by atoms with E-state index < -0.39 is 11.6 Å². The maximum atomic E-state index is 13.1. The van der Waals surface area contributed by atoms with Crippen molar-refractivity contribution in [3.8, 4) is 0 Å². The van der Waals surface area contributed by atoms with Crippen LogP contribution in [0.2, 0.25) is 0 Å². The fourth-order valence-corrected chi connectivity index (χ4v) is 1.55. The molecular formula is C8H13FO. The van der Waals surface area contributed by atoms with Crippen LogP contribution in [0.4, 0.5) is 4.39 Å². The molecule has 1 nitrogen and oxygen atoms in total. The van der Waals surface area contributed by atoms with Crippen LogP contribution in [0.3, 0.4) is 0 Å². The molecule has 0 spiro atoms. The van der Waals surface area contributed by atoms with E-state index in [0.717, 1.165) is 0 Å². The predicted molar refractivity (Wildman–Crippen MR) is 37.5 cm³/mol. The second kappa shape index (κ2) is 2.04. The van der Waals surface area contributed by atoms with Crippen molar-refractivity contribution in [2.24, 2.45) is 11.3 Å². The first kappa shape index (κ1) is 7.70. The number of hydrogen-bond donors (Lipinski definition) is 0. The summed E-state index contributed by atoms with van der Waals surface area (Å²) in [5.74, 6) is -0.312. The average molecular weight is 144 g/mol. The molecule has 0 aliphatic heterocycles. The van der Waals surface area contributed by atoms with E-state index in [4.69, 9.17) is 0 Å². The largest absolute Gasteiger partial charge is 0.299 e. The molecule has 1 rings (SSSR count). The Balaban J connectivity index is 2.81. The fraction of sp³-hybridized carbons (Fsp3) is 0.875. The standard InChI is InChI=1S/C8H13FO/c1-5-6(10)4-8(2,3)7(5)9/h5,7H,4H2,1-3H3. The van der Waals surface area contributed by atoms with Crippen LogP contribution in [0.15, 0.2) is 0 Å². The van der Waals surface area contributed by atoms with Crippen LogP contribution in [0.1, 0.15) is 27.2 Å². The molecule has 0 aromatic rings. The monoisotopic (exact) mass is 144 g/mol. The zero-order valence-corrected chi connectivity index (χ0v) is 6.65. The van der Waals surface area contributed by atoms with Crippen LogP contribution in [0, 0.1) is 11.3 Å². The van der Waals surface area contributed by atoms with E-state index in [0.29, 0.717) is 6.42 Å². The molecule has 0 aromatic carbocycles. The fourth-order valence-electron chi connectivity index (χ4n) is 1.55. The van der Waals surface area contributed by atoms with Crippen LogP contribution < -0.4 is 0 Å². The Bertz CT molecular complexity index is 163. The lowest BCUT2D eigenvalue weighted by Gasteiger charge is -2.19. The summed E-state index contributed by atoms with van der Waals surface area (Å²) in [6.07, 6.45) is -0.546. The van der Waals surface area contributed by atoms with Gasteiger partial charge in [0.15, 0.2) is 0 Å². The Morgan fingerprint density at radius 3 is 2.20 bits per heavy atom. The summed E-state index contributed by atoms with van der Waals surface area (Å²) in [6.45, 7) is 5.28. The highest BCUT2D eigenvalue weighted by atomic mass is 19.1. The van der Waals surface area contributed by atoms with Gasteiger partial charge in [0.25, 0.3) is 0 Å². The molecule has 58 valence electrons. The molecule has 1 saturated carbocycles. The summed E-state index contributed by atoms with van der Waals surface area (Å²) < 4.78 is 13.1. The summed E-state index contributed by atoms with van der Waals surface area (Å²) in [5.41, 5.74) is -0.420. The Kier molecular flexibility index (Phi) is 1.57. The second-order valence-electron chi connectivity index (χ2n) is 3.82. The summed E-state index contributed by atoms with van der Waals surface area (Å²) in [6, 6.07) is 0. The number of ketones is 1. The molecule has 0 radical (unpaired) electrons. The summed E-state index contributed by atoms with van der Waals surface area (Å²) in [7, 11) is 0. The topological polar surface area (TPSA) is 17.1 Å². The Hall–Kier alpha value is -0.400. The Labute approximate surface area is 60.6 Å². The highest BCUT2D eigenvalue weighted by Gasteiger charge is 2.45. The predicted octanol–water partition coefficient (Wildman–Crippen LogP) is 1.96. The maximum absolute atomic E-state index is 13.1. The zero-order chi connectivity index (χ0) is 7.94. The number of alkyl halides is 1. The van der Waals surface area contributed by atoms with E-state index in [9.17, 15) is 9.18 Å². The van der Waals surface area contributed by atoms with Gasteiger partial charge in [-0.3, -0.25) is 4.79 Å². The van der Waals surface area contributed by atoms with Crippen molar-refractivity contribution in [1.29, 1.82) is 0 Å². The quantitative estimate of drug-likeness (QED) is 0.508. The molecule has 2 unspecified atom stereocenters. The third-order valence-corrected chi connectivity index (χ3v) is 2.32. The van der Waals surface area contributed by atoms with Gasteiger partial charge in [-0.1, -0.05) is 20.8 Å². The Morgan fingerprint density at radius 1 is 1.60 bits per heavy atom. The van der Waals surface area contributed by atoms with E-state index in [-0.39, 0.29) is 11.7 Å². The van der Waals surface area contributed by atoms with Crippen molar-refractivity contribution in [3.05, 3.63) is 0 Å². The number of rotatable bonds is 0. The van der Waals surface area contributed by atoms with Crippen LogP contribution >= 0.6 is 0 Å². The summed E-state index contributed by atoms with van der Waals surface area (Å²) >= 11 is 0. The number of hydrogen-bond acceptors (Lipinski definition) is 1. The highest BCUT2D eigenvalue weighted by Crippen LogP contribution is 2.40. The molecule has 2 atom stereocenters. The van der Waals surface area contributed by atoms with Crippen LogP contribution in [-0.4, -0.2) is 12.0 Å². The van der Waals surface area contributed by atoms with Crippen molar-refractivity contribution in [1.82, 2.24) is 0 Å². The summed E-state index contributed by atoms with van der Waals surface area (Å²) in [5, 5.41) is 0. The number of halogens is 1. The van der Waals surface area contributed by atoms with Gasteiger partial charge >= 0.3 is 0 Å². The van der Waals surface area contributed by atoms with Gasteiger partial charge < -0.3 is 0 Å². The molecular weight excluding hydrogens is 131 g/mol. The molecule has 2 heteroatoms. The van der Waals surface area contributed by atoms with Gasteiger partial charge in [-0.05, 0) is 0 Å². The van der Waals surface area contributed by atoms with Gasteiger partial charge in [0.05, 0.1) is 0 Å². The molecule has 1 aliphatic carbocycles. The number of carbonyl (C=O) groups excluding carboxylic acids is 1. The third kappa shape index (κ3) is 0.957. The number of Topliss-reactive ketones (excluding diaryl/α,β-unsaturated/α-hetero) is 1. The molecule has 0 amide bonds. The molecule has 1 aliphatic rings. The normalized spacial score (nSPS) is 38.6. The van der Waals surface area contributed by atoms with E-state index in [1.165, 1.54) is 0 Å². The first-order valence-corrected chi connectivity index (χ1v) is 3.62. The molecule has 1 fully saturated rings. The SMILES string of the molecule is CC1C(=O)CC(C)(C)C1F. The van der Waals surface area contributed by atoms with Crippen molar-refractivity contribution >= 4 is 5.78 Å². The highest BCUT2D eigenvalue weighted by molar-refractivity contribution is 5.84. The Morgan fingerprint density at radius 2 is 2.10 bits per heavy atom. The average Bonchev–Trinajstić information content (AvgIpc) is 1.95. The van der Waals surface area contributed by atoms with Gasteiger partial charge in [-0.25, -0.2) is 4.39 Å². The molecule has 0 aromatic heterocycles. The molecule has 10 heavy (non-hydrogen) atoms. The second-order valence-corrected chi connectivity index (χ2v) is 3.82. The van der Waals surface area contributed by atoms with Gasteiger partial charge in [0, 0.05) is 17.8 Å². The van der Waals surface area contributed by atoms with Gasteiger partial charge in [0.1, 0.15) is 12.0 Å². The van der Waals surface area contributed by atoms with Gasteiger partial charge in [-0.2, -0.15) is 0 Å². The van der Waals surface area contributed by atoms with Crippen LogP contribution in [-0.2, 0) is 4.79 Å². The van der Waals surface area contributed by atoms with Gasteiger partial charge in [-0.15, -0.1) is 0 Å². The minimum atomic E-state index is -0.944. The molecule has 0 bridgehead atoms.